The van der Waals surface area contributed by atoms with Gasteiger partial charge in [-0.15, -0.1) is 11.6 Å². The van der Waals surface area contributed by atoms with Gasteiger partial charge in [0.25, 0.3) is 0 Å². The first kappa shape index (κ1) is 14.1. The zero-order valence-corrected chi connectivity index (χ0v) is 12.2. The highest BCUT2D eigenvalue weighted by Gasteiger charge is 2.08. The number of hydrogen-bond donors (Lipinski definition) is 0. The Hall–Kier alpha value is -1.32. The van der Waals surface area contributed by atoms with Gasteiger partial charge in [-0.2, -0.15) is 0 Å². The highest BCUT2D eigenvalue weighted by molar-refractivity contribution is 6.30. The number of rotatable bonds is 4. The quantitative estimate of drug-likeness (QED) is 0.761. The standard InChI is InChI=1S/C14H14Cl2N2O/c1-9(2)13-3-10(6-15)4-14(18-13)19-12-5-11(16)7-17-8-12/h3-5,7-9H,6H2,1-2H3. The molecular formula is C14H14Cl2N2O. The van der Waals surface area contributed by atoms with Gasteiger partial charge in [0.2, 0.25) is 5.88 Å². The Kier molecular flexibility index (Phi) is 4.61. The molecule has 0 aliphatic carbocycles. The van der Waals surface area contributed by atoms with Gasteiger partial charge in [-0.05, 0) is 17.5 Å². The zero-order valence-electron chi connectivity index (χ0n) is 10.7. The summed E-state index contributed by atoms with van der Waals surface area (Å²) in [6.07, 6.45) is 3.15. The largest absolute Gasteiger partial charge is 0.437 e. The van der Waals surface area contributed by atoms with E-state index >= 15 is 0 Å². The number of aromatic nitrogens is 2. The third kappa shape index (κ3) is 3.82. The van der Waals surface area contributed by atoms with Crippen LogP contribution in [0.3, 0.4) is 0 Å². The van der Waals surface area contributed by atoms with Crippen LogP contribution in [0.15, 0.2) is 30.6 Å². The molecule has 19 heavy (non-hydrogen) atoms. The lowest BCUT2D eigenvalue weighted by molar-refractivity contribution is 0.457. The molecule has 2 aromatic rings. The molecule has 0 unspecified atom stereocenters. The maximum absolute atomic E-state index is 5.89. The summed E-state index contributed by atoms with van der Waals surface area (Å²) in [5.41, 5.74) is 1.92. The molecule has 0 spiro atoms. The summed E-state index contributed by atoms with van der Waals surface area (Å²) in [5.74, 6) is 1.79. The van der Waals surface area contributed by atoms with Crippen molar-refractivity contribution in [2.45, 2.75) is 25.6 Å². The average Bonchev–Trinajstić information content (AvgIpc) is 2.38. The molecular weight excluding hydrogens is 283 g/mol. The molecule has 3 nitrogen and oxygen atoms in total. The monoisotopic (exact) mass is 296 g/mol. The van der Waals surface area contributed by atoms with Gasteiger partial charge < -0.3 is 4.74 Å². The summed E-state index contributed by atoms with van der Waals surface area (Å²) in [6.45, 7) is 4.15. The van der Waals surface area contributed by atoms with E-state index in [0.29, 0.717) is 28.5 Å². The van der Waals surface area contributed by atoms with Crippen molar-refractivity contribution < 1.29 is 4.74 Å². The van der Waals surface area contributed by atoms with Gasteiger partial charge in [0.1, 0.15) is 5.75 Å². The minimum Gasteiger partial charge on any atom is -0.437 e. The van der Waals surface area contributed by atoms with Crippen molar-refractivity contribution >= 4 is 23.2 Å². The van der Waals surface area contributed by atoms with Crippen LogP contribution in [0.1, 0.15) is 31.0 Å². The Balaban J connectivity index is 2.31. The molecule has 0 N–H and O–H groups in total. The van der Waals surface area contributed by atoms with E-state index in [4.69, 9.17) is 27.9 Å². The van der Waals surface area contributed by atoms with Crippen LogP contribution in [-0.4, -0.2) is 9.97 Å². The van der Waals surface area contributed by atoms with Crippen molar-refractivity contribution in [3.8, 4) is 11.6 Å². The molecule has 2 aromatic heterocycles. The van der Waals surface area contributed by atoms with Crippen molar-refractivity contribution in [1.82, 2.24) is 9.97 Å². The minimum absolute atomic E-state index is 0.308. The van der Waals surface area contributed by atoms with Crippen molar-refractivity contribution in [3.05, 3.63) is 46.9 Å². The third-order valence-electron chi connectivity index (χ3n) is 2.53. The molecule has 0 saturated heterocycles. The summed E-state index contributed by atoms with van der Waals surface area (Å²) < 4.78 is 5.68. The highest BCUT2D eigenvalue weighted by Crippen LogP contribution is 2.25. The Morgan fingerprint density at radius 3 is 2.63 bits per heavy atom. The first-order chi connectivity index (χ1) is 9.08. The van der Waals surface area contributed by atoms with Gasteiger partial charge in [-0.25, -0.2) is 4.98 Å². The molecule has 2 heterocycles. The molecule has 0 amide bonds. The smallest absolute Gasteiger partial charge is 0.219 e. The van der Waals surface area contributed by atoms with Crippen LogP contribution >= 0.6 is 23.2 Å². The molecule has 0 radical (unpaired) electrons. The maximum atomic E-state index is 5.89. The number of hydrogen-bond acceptors (Lipinski definition) is 3. The summed E-state index contributed by atoms with van der Waals surface area (Å²) >= 11 is 11.8. The van der Waals surface area contributed by atoms with Crippen LogP contribution in [0.4, 0.5) is 0 Å². The molecule has 0 aliphatic heterocycles. The van der Waals surface area contributed by atoms with E-state index in [9.17, 15) is 0 Å². The predicted octanol–water partition coefficient (Wildman–Crippen LogP) is 4.78. The van der Waals surface area contributed by atoms with Crippen molar-refractivity contribution in [3.63, 3.8) is 0 Å². The van der Waals surface area contributed by atoms with Gasteiger partial charge in [0.15, 0.2) is 0 Å². The van der Waals surface area contributed by atoms with Crippen molar-refractivity contribution in [2.75, 3.05) is 0 Å². The number of ether oxygens (including phenoxy) is 1. The maximum Gasteiger partial charge on any atom is 0.219 e. The lowest BCUT2D eigenvalue weighted by Crippen LogP contribution is -1.98. The fourth-order valence-electron chi connectivity index (χ4n) is 1.58. The fourth-order valence-corrected chi connectivity index (χ4v) is 1.89. The van der Waals surface area contributed by atoms with Gasteiger partial charge >= 0.3 is 0 Å². The summed E-state index contributed by atoms with van der Waals surface area (Å²) in [7, 11) is 0. The summed E-state index contributed by atoms with van der Waals surface area (Å²) in [5, 5.41) is 0.523. The zero-order chi connectivity index (χ0) is 13.8. The Bertz CT molecular complexity index is 573. The third-order valence-corrected chi connectivity index (χ3v) is 3.04. The Labute approximate surface area is 122 Å². The SMILES string of the molecule is CC(C)c1cc(CCl)cc(Oc2cncc(Cl)c2)n1. The van der Waals surface area contributed by atoms with E-state index in [2.05, 4.69) is 23.8 Å². The van der Waals surface area contributed by atoms with E-state index in [1.807, 2.05) is 12.1 Å². The van der Waals surface area contributed by atoms with Gasteiger partial charge in [0.05, 0.1) is 11.2 Å². The first-order valence-corrected chi connectivity index (χ1v) is 6.85. The van der Waals surface area contributed by atoms with Gasteiger partial charge in [-0.1, -0.05) is 25.4 Å². The highest BCUT2D eigenvalue weighted by atomic mass is 35.5. The number of nitrogens with zero attached hydrogens (tertiary/aromatic N) is 2. The fraction of sp³-hybridized carbons (Fsp3) is 0.286. The molecule has 0 saturated carbocycles. The molecule has 0 fully saturated rings. The molecule has 5 heteroatoms. The molecule has 0 bridgehead atoms. The molecule has 0 aliphatic rings. The van der Waals surface area contributed by atoms with E-state index in [1.54, 1.807) is 18.5 Å². The van der Waals surface area contributed by atoms with E-state index in [0.717, 1.165) is 11.3 Å². The summed E-state index contributed by atoms with van der Waals surface area (Å²) in [4.78, 5) is 8.42. The summed E-state index contributed by atoms with van der Waals surface area (Å²) in [6, 6.07) is 5.50. The van der Waals surface area contributed by atoms with Crippen LogP contribution in [-0.2, 0) is 5.88 Å². The van der Waals surface area contributed by atoms with Crippen molar-refractivity contribution in [2.24, 2.45) is 0 Å². The van der Waals surface area contributed by atoms with Gasteiger partial charge in [-0.3, -0.25) is 4.98 Å². The minimum atomic E-state index is 0.308. The van der Waals surface area contributed by atoms with Crippen LogP contribution < -0.4 is 4.74 Å². The normalized spacial score (nSPS) is 10.8. The number of alkyl halides is 1. The molecule has 100 valence electrons. The molecule has 2 rings (SSSR count). The second kappa shape index (κ2) is 6.22. The molecule has 0 atom stereocenters. The van der Waals surface area contributed by atoms with E-state index < -0.39 is 0 Å². The second-order valence-corrected chi connectivity index (χ2v) is 5.17. The lowest BCUT2D eigenvalue weighted by atomic mass is 10.1. The van der Waals surface area contributed by atoms with E-state index in [-0.39, 0.29) is 0 Å². The van der Waals surface area contributed by atoms with Crippen LogP contribution in [0.25, 0.3) is 0 Å². The van der Waals surface area contributed by atoms with Crippen LogP contribution in [0.2, 0.25) is 5.02 Å². The van der Waals surface area contributed by atoms with Gasteiger partial charge in [0, 0.05) is 29.9 Å². The Morgan fingerprint density at radius 1 is 1.21 bits per heavy atom. The van der Waals surface area contributed by atoms with Crippen LogP contribution in [0, 0.1) is 0 Å². The Morgan fingerprint density at radius 2 is 2.00 bits per heavy atom. The second-order valence-electron chi connectivity index (χ2n) is 4.47. The predicted molar refractivity (Wildman–Crippen MR) is 77.2 cm³/mol. The molecule has 0 aromatic carbocycles. The average molecular weight is 297 g/mol. The van der Waals surface area contributed by atoms with Crippen LogP contribution in [0.5, 0.6) is 11.6 Å². The van der Waals surface area contributed by atoms with Crippen molar-refractivity contribution in [1.29, 1.82) is 0 Å². The lowest BCUT2D eigenvalue weighted by Gasteiger charge is -2.10. The van der Waals surface area contributed by atoms with E-state index in [1.165, 1.54) is 0 Å². The first-order valence-electron chi connectivity index (χ1n) is 5.93. The number of halogens is 2. The number of pyridine rings is 2. The topological polar surface area (TPSA) is 35.0 Å².